The highest BCUT2D eigenvalue weighted by atomic mass is 32.1. The first-order chi connectivity index (χ1) is 11.6. The topological polar surface area (TPSA) is 78.6 Å². The van der Waals surface area contributed by atoms with E-state index in [9.17, 15) is 9.90 Å². The normalized spacial score (nSPS) is 17.8. The molecule has 1 saturated heterocycles. The predicted molar refractivity (Wildman–Crippen MR) is 92.0 cm³/mol. The number of rotatable bonds is 6. The molecule has 6 nitrogen and oxygen atoms in total. The molecule has 0 aromatic carbocycles. The summed E-state index contributed by atoms with van der Waals surface area (Å²) in [6.45, 7) is 4.27. The minimum absolute atomic E-state index is 0.0378. The second kappa shape index (κ2) is 7.92. The second-order valence-corrected chi connectivity index (χ2v) is 7.18. The number of hydrogen-bond acceptors (Lipinski definition) is 6. The fourth-order valence-electron chi connectivity index (χ4n) is 2.90. The fraction of sp³-hybridized carbons (Fsp3) is 0.529. The van der Waals surface area contributed by atoms with Crippen LogP contribution in [0.15, 0.2) is 27.4 Å². The average molecular weight is 349 g/mol. The van der Waals surface area contributed by atoms with E-state index in [-0.39, 0.29) is 18.1 Å². The van der Waals surface area contributed by atoms with Gasteiger partial charge in [-0.15, -0.1) is 0 Å². The molecule has 130 valence electrons. The Labute approximate surface area is 145 Å². The Balaban J connectivity index is 1.50. The van der Waals surface area contributed by atoms with Crippen molar-refractivity contribution in [2.75, 3.05) is 13.1 Å². The van der Waals surface area contributed by atoms with E-state index in [1.807, 2.05) is 12.3 Å². The van der Waals surface area contributed by atoms with Crippen LogP contribution in [0.2, 0.25) is 0 Å². The Morgan fingerprint density at radius 2 is 2.33 bits per heavy atom. The van der Waals surface area contributed by atoms with Crippen molar-refractivity contribution in [2.24, 2.45) is 0 Å². The number of aliphatic hydroxyl groups is 1. The lowest BCUT2D eigenvalue weighted by atomic mass is 10.1. The van der Waals surface area contributed by atoms with Crippen molar-refractivity contribution < 1.29 is 14.4 Å². The second-order valence-electron chi connectivity index (χ2n) is 6.40. The van der Waals surface area contributed by atoms with E-state index in [0.29, 0.717) is 18.0 Å². The Morgan fingerprint density at radius 1 is 1.54 bits per heavy atom. The zero-order chi connectivity index (χ0) is 16.9. The lowest BCUT2D eigenvalue weighted by Gasteiger charge is -2.28. The van der Waals surface area contributed by atoms with Gasteiger partial charge in [0.2, 0.25) is 0 Å². The number of aromatic nitrogens is 1. The number of thiophene rings is 1. The molecule has 1 aliphatic rings. The van der Waals surface area contributed by atoms with Gasteiger partial charge in [-0.3, -0.25) is 9.69 Å². The molecule has 1 aliphatic heterocycles. The Bertz CT molecular complexity index is 648. The molecule has 0 unspecified atom stereocenters. The molecule has 0 bridgehead atoms. The summed E-state index contributed by atoms with van der Waals surface area (Å²) < 4.78 is 5.29. The Hall–Kier alpha value is -1.70. The highest BCUT2D eigenvalue weighted by molar-refractivity contribution is 7.07. The number of hydrogen-bond donors (Lipinski definition) is 2. The van der Waals surface area contributed by atoms with Crippen LogP contribution in [0.4, 0.5) is 0 Å². The zero-order valence-electron chi connectivity index (χ0n) is 13.8. The monoisotopic (exact) mass is 349 g/mol. The van der Waals surface area contributed by atoms with Crippen molar-refractivity contribution in [3.63, 3.8) is 0 Å². The van der Waals surface area contributed by atoms with Gasteiger partial charge in [0.25, 0.3) is 5.91 Å². The molecular formula is C17H23N3O3S. The quantitative estimate of drug-likeness (QED) is 0.834. The smallest absolute Gasteiger partial charge is 0.273 e. The molecule has 0 aliphatic carbocycles. The number of aliphatic hydroxyl groups excluding tert-OH is 1. The van der Waals surface area contributed by atoms with E-state index in [1.165, 1.54) is 5.56 Å². The van der Waals surface area contributed by atoms with Crippen molar-refractivity contribution >= 4 is 17.2 Å². The molecule has 0 radical (unpaired) electrons. The van der Waals surface area contributed by atoms with Gasteiger partial charge in [-0.25, -0.2) is 0 Å². The summed E-state index contributed by atoms with van der Waals surface area (Å²) in [4.78, 5) is 14.5. The third-order valence-corrected chi connectivity index (χ3v) is 4.96. The number of carbonyl (C=O) groups excluding carboxylic acids is 1. The standard InChI is InChI=1S/C17H23N3O3S/c1-12(8-13-4-7-24-11-13)18-17(22)16-9-15(23-19-16)10-20-5-2-14(21)3-6-20/h4,7,9,11-12,14,21H,2-3,5-6,8,10H2,1H3,(H,18,22)/t12-/m0/s1. The molecule has 1 atom stereocenters. The van der Waals surface area contributed by atoms with E-state index in [4.69, 9.17) is 4.52 Å². The highest BCUT2D eigenvalue weighted by Crippen LogP contribution is 2.15. The third-order valence-electron chi connectivity index (χ3n) is 4.23. The minimum Gasteiger partial charge on any atom is -0.393 e. The molecule has 3 rings (SSSR count). The SMILES string of the molecule is C[C@@H](Cc1ccsc1)NC(=O)c1cc(CN2CCC(O)CC2)on1. The van der Waals surface area contributed by atoms with Crippen LogP contribution in [0.25, 0.3) is 0 Å². The van der Waals surface area contributed by atoms with Crippen LogP contribution < -0.4 is 5.32 Å². The third kappa shape index (κ3) is 4.66. The van der Waals surface area contributed by atoms with Crippen molar-refractivity contribution in [2.45, 2.75) is 44.9 Å². The lowest BCUT2D eigenvalue weighted by molar-refractivity contribution is 0.0748. The van der Waals surface area contributed by atoms with Crippen molar-refractivity contribution in [1.82, 2.24) is 15.4 Å². The van der Waals surface area contributed by atoms with Crippen LogP contribution >= 0.6 is 11.3 Å². The van der Waals surface area contributed by atoms with Gasteiger partial charge in [-0.05, 0) is 48.6 Å². The molecule has 24 heavy (non-hydrogen) atoms. The van der Waals surface area contributed by atoms with Gasteiger partial charge < -0.3 is 14.9 Å². The maximum Gasteiger partial charge on any atom is 0.273 e. The van der Waals surface area contributed by atoms with Gasteiger partial charge >= 0.3 is 0 Å². The van der Waals surface area contributed by atoms with Crippen molar-refractivity contribution in [3.05, 3.63) is 39.9 Å². The summed E-state index contributed by atoms with van der Waals surface area (Å²) in [7, 11) is 0. The van der Waals surface area contributed by atoms with Gasteiger partial charge in [0.15, 0.2) is 11.5 Å². The van der Waals surface area contributed by atoms with Crippen LogP contribution in [-0.4, -0.2) is 46.3 Å². The zero-order valence-corrected chi connectivity index (χ0v) is 14.6. The maximum absolute atomic E-state index is 12.3. The summed E-state index contributed by atoms with van der Waals surface area (Å²) in [6, 6.07) is 3.81. The molecule has 7 heteroatoms. The van der Waals surface area contributed by atoms with Gasteiger partial charge in [-0.2, -0.15) is 11.3 Å². The van der Waals surface area contributed by atoms with Crippen molar-refractivity contribution in [3.8, 4) is 0 Å². The van der Waals surface area contributed by atoms with E-state index in [1.54, 1.807) is 17.4 Å². The molecule has 3 heterocycles. The number of likely N-dealkylation sites (tertiary alicyclic amines) is 1. The molecule has 2 aromatic heterocycles. The number of nitrogens with zero attached hydrogens (tertiary/aromatic N) is 2. The molecule has 0 saturated carbocycles. The lowest BCUT2D eigenvalue weighted by Crippen LogP contribution is -2.35. The van der Waals surface area contributed by atoms with Crippen LogP contribution in [0.3, 0.4) is 0 Å². The fourth-order valence-corrected chi connectivity index (χ4v) is 3.58. The van der Waals surface area contributed by atoms with Crippen LogP contribution in [0.5, 0.6) is 0 Å². The minimum atomic E-state index is -0.207. The van der Waals surface area contributed by atoms with E-state index < -0.39 is 0 Å². The molecule has 1 fully saturated rings. The number of amides is 1. The number of piperidine rings is 1. The maximum atomic E-state index is 12.3. The van der Waals surface area contributed by atoms with Gasteiger partial charge in [0, 0.05) is 25.2 Å². The first-order valence-corrected chi connectivity index (χ1v) is 9.22. The Morgan fingerprint density at radius 3 is 3.04 bits per heavy atom. The molecule has 1 amide bonds. The van der Waals surface area contributed by atoms with Crippen LogP contribution in [0.1, 0.15) is 41.6 Å². The van der Waals surface area contributed by atoms with Gasteiger partial charge in [0.05, 0.1) is 12.6 Å². The van der Waals surface area contributed by atoms with E-state index >= 15 is 0 Å². The number of carbonyl (C=O) groups is 1. The summed E-state index contributed by atoms with van der Waals surface area (Å²) in [6.07, 6.45) is 2.17. The molecule has 2 aromatic rings. The van der Waals surface area contributed by atoms with E-state index in [2.05, 4.69) is 26.8 Å². The summed E-state index contributed by atoms with van der Waals surface area (Å²) in [5.41, 5.74) is 1.54. The molecule has 2 N–H and O–H groups in total. The molecular weight excluding hydrogens is 326 g/mol. The first kappa shape index (κ1) is 17.1. The van der Waals surface area contributed by atoms with Gasteiger partial charge in [0.1, 0.15) is 0 Å². The van der Waals surface area contributed by atoms with E-state index in [0.717, 1.165) is 32.4 Å². The number of nitrogens with one attached hydrogen (secondary N) is 1. The van der Waals surface area contributed by atoms with Crippen LogP contribution in [0, 0.1) is 0 Å². The Kier molecular flexibility index (Phi) is 5.65. The van der Waals surface area contributed by atoms with Crippen molar-refractivity contribution in [1.29, 1.82) is 0 Å². The summed E-state index contributed by atoms with van der Waals surface area (Å²) >= 11 is 1.66. The van der Waals surface area contributed by atoms with Crippen LogP contribution in [-0.2, 0) is 13.0 Å². The first-order valence-electron chi connectivity index (χ1n) is 8.28. The van der Waals surface area contributed by atoms with Gasteiger partial charge in [-0.1, -0.05) is 5.16 Å². The molecule has 0 spiro atoms. The largest absolute Gasteiger partial charge is 0.393 e. The highest BCUT2D eigenvalue weighted by Gasteiger charge is 2.20. The summed E-state index contributed by atoms with van der Waals surface area (Å²) in [5, 5.41) is 20.5. The predicted octanol–water partition coefficient (Wildman–Crippen LogP) is 2.05. The summed E-state index contributed by atoms with van der Waals surface area (Å²) in [5.74, 6) is 0.476. The average Bonchev–Trinajstić information content (AvgIpc) is 3.21.